The number of thioether (sulfide) groups is 1. The van der Waals surface area contributed by atoms with E-state index in [9.17, 15) is 19.5 Å². The molecule has 1 N–H and O–H groups in total. The molecule has 1 unspecified atom stereocenters. The van der Waals surface area contributed by atoms with Crippen molar-refractivity contribution in [1.82, 2.24) is 9.80 Å². The molecule has 5 atom stereocenters. The number of fused-ring (bicyclic) bond motifs is 2. The van der Waals surface area contributed by atoms with Crippen molar-refractivity contribution in [2.45, 2.75) is 55.1 Å². The van der Waals surface area contributed by atoms with Gasteiger partial charge in [0.05, 0.1) is 23.2 Å². The largest absolute Gasteiger partial charge is 0.465 e. The van der Waals surface area contributed by atoms with Crippen LogP contribution in [0.2, 0.25) is 0 Å². The number of nitrogens with zero attached hydrogens (tertiary/aromatic N) is 2. The molecule has 2 saturated heterocycles. The number of carbonyl (C=O) groups excluding carboxylic acids is 3. The van der Waals surface area contributed by atoms with Crippen molar-refractivity contribution in [3.63, 3.8) is 0 Å². The fourth-order valence-corrected chi connectivity index (χ4v) is 7.39. The van der Waals surface area contributed by atoms with E-state index in [2.05, 4.69) is 6.92 Å². The summed E-state index contributed by atoms with van der Waals surface area (Å²) in [6.07, 6.45) is 12.2. The molecule has 4 aliphatic rings. The summed E-state index contributed by atoms with van der Waals surface area (Å²) in [5.41, 5.74) is 0. The zero-order valence-corrected chi connectivity index (χ0v) is 18.9. The van der Waals surface area contributed by atoms with Crippen molar-refractivity contribution in [3.05, 3.63) is 24.3 Å². The Balaban J connectivity index is 1.73. The second kappa shape index (κ2) is 9.36. The van der Waals surface area contributed by atoms with Gasteiger partial charge < -0.3 is 19.6 Å². The number of ether oxygens (including phenoxy) is 1. The monoisotopic (exact) mass is 448 g/mol. The first-order chi connectivity index (χ1) is 15.0. The maximum Gasteiger partial charge on any atom is 0.311 e. The van der Waals surface area contributed by atoms with Gasteiger partial charge in [0, 0.05) is 31.5 Å². The van der Waals surface area contributed by atoms with Crippen LogP contribution in [0.15, 0.2) is 24.3 Å². The van der Waals surface area contributed by atoms with Gasteiger partial charge in [-0.05, 0) is 19.3 Å². The highest BCUT2D eigenvalue weighted by Crippen LogP contribution is 2.60. The van der Waals surface area contributed by atoms with Gasteiger partial charge in [0.25, 0.3) is 0 Å². The van der Waals surface area contributed by atoms with Crippen molar-refractivity contribution in [2.24, 2.45) is 11.8 Å². The number of carbonyl (C=O) groups is 3. The zero-order valence-electron chi connectivity index (χ0n) is 18.1. The molecule has 31 heavy (non-hydrogen) atoms. The molecule has 4 heterocycles. The minimum atomic E-state index is -0.786. The number of amides is 2. The van der Waals surface area contributed by atoms with Gasteiger partial charge >= 0.3 is 5.97 Å². The van der Waals surface area contributed by atoms with Crippen LogP contribution in [-0.2, 0) is 19.1 Å². The summed E-state index contributed by atoms with van der Waals surface area (Å²) >= 11 is 1.56. The smallest absolute Gasteiger partial charge is 0.311 e. The maximum absolute atomic E-state index is 13.8. The van der Waals surface area contributed by atoms with Crippen molar-refractivity contribution in [2.75, 3.05) is 32.8 Å². The second-order valence-corrected chi connectivity index (χ2v) is 10.2. The molecule has 0 saturated carbocycles. The van der Waals surface area contributed by atoms with Crippen LogP contribution in [0.4, 0.5) is 0 Å². The lowest BCUT2D eigenvalue weighted by molar-refractivity contribution is -0.153. The fourth-order valence-electron chi connectivity index (χ4n) is 5.39. The number of cyclic esters (lactones) is 1. The minimum Gasteiger partial charge on any atom is -0.465 e. The molecule has 0 aromatic heterocycles. The first kappa shape index (κ1) is 22.4. The average molecular weight is 449 g/mol. The highest BCUT2D eigenvalue weighted by molar-refractivity contribution is 8.02. The van der Waals surface area contributed by atoms with Gasteiger partial charge in [0.1, 0.15) is 6.04 Å². The van der Waals surface area contributed by atoms with Crippen LogP contribution in [0.25, 0.3) is 0 Å². The van der Waals surface area contributed by atoms with E-state index in [0.29, 0.717) is 39.1 Å². The fraction of sp³-hybridized carbons (Fsp3) is 0.696. The zero-order chi connectivity index (χ0) is 22.0. The van der Waals surface area contributed by atoms with Gasteiger partial charge in [-0.15, -0.1) is 11.8 Å². The molecule has 2 amide bonds. The highest BCUT2D eigenvalue weighted by Gasteiger charge is 2.70. The molecule has 4 rings (SSSR count). The maximum atomic E-state index is 13.8. The van der Waals surface area contributed by atoms with E-state index in [4.69, 9.17) is 4.74 Å². The number of likely N-dealkylation sites (tertiary alicyclic amines) is 1. The third-order valence-electron chi connectivity index (χ3n) is 6.79. The Kier molecular flexibility index (Phi) is 6.77. The highest BCUT2D eigenvalue weighted by atomic mass is 32.2. The van der Waals surface area contributed by atoms with Crippen LogP contribution >= 0.6 is 11.8 Å². The number of aliphatic hydroxyl groups excluding tert-OH is 1. The molecular formula is C23H32N2O5S. The number of esters is 1. The van der Waals surface area contributed by atoms with E-state index >= 15 is 0 Å². The summed E-state index contributed by atoms with van der Waals surface area (Å²) < 4.78 is 4.67. The molecule has 0 aromatic rings. The Morgan fingerprint density at radius 2 is 2.00 bits per heavy atom. The van der Waals surface area contributed by atoms with Crippen molar-refractivity contribution >= 4 is 29.5 Å². The molecule has 4 aliphatic heterocycles. The summed E-state index contributed by atoms with van der Waals surface area (Å²) in [7, 11) is 0. The van der Waals surface area contributed by atoms with Gasteiger partial charge in [0.2, 0.25) is 11.8 Å². The summed E-state index contributed by atoms with van der Waals surface area (Å²) in [5, 5.41) is 9.20. The Hall–Kier alpha value is -1.80. The Bertz CT molecular complexity index is 784. The predicted molar refractivity (Wildman–Crippen MR) is 118 cm³/mol. The summed E-state index contributed by atoms with van der Waals surface area (Å²) in [4.78, 5) is 43.9. The lowest BCUT2D eigenvalue weighted by atomic mass is 9.78. The topological polar surface area (TPSA) is 87.2 Å². The van der Waals surface area contributed by atoms with Crippen LogP contribution in [-0.4, -0.2) is 81.6 Å². The molecule has 0 bridgehead atoms. The van der Waals surface area contributed by atoms with E-state index in [-0.39, 0.29) is 29.6 Å². The number of hydrogen-bond donors (Lipinski definition) is 1. The van der Waals surface area contributed by atoms with E-state index in [1.54, 1.807) is 16.7 Å². The normalized spacial score (nSPS) is 34.7. The molecule has 0 aliphatic carbocycles. The SMILES string of the molecule is CCCCCN1CC=C[C@]23S[C@@H]4C=CCCOC(=O)[C@@H]4[C@H]2C(=O)N(CCCO)C3C1=O. The Labute approximate surface area is 187 Å². The number of unbranched alkanes of at least 4 members (excludes halogenated alkanes) is 2. The molecular weight excluding hydrogens is 416 g/mol. The van der Waals surface area contributed by atoms with Crippen molar-refractivity contribution < 1.29 is 24.2 Å². The lowest BCUT2D eigenvalue weighted by Crippen LogP contribution is -2.53. The quantitative estimate of drug-likeness (QED) is 0.363. The van der Waals surface area contributed by atoms with Gasteiger partial charge in [-0.3, -0.25) is 14.4 Å². The van der Waals surface area contributed by atoms with Crippen LogP contribution < -0.4 is 0 Å². The molecule has 2 fully saturated rings. The molecule has 0 radical (unpaired) electrons. The third kappa shape index (κ3) is 3.82. The molecule has 1 spiro atoms. The van der Waals surface area contributed by atoms with Gasteiger partial charge in [0.15, 0.2) is 0 Å². The predicted octanol–water partition coefficient (Wildman–Crippen LogP) is 1.76. The first-order valence-corrected chi connectivity index (χ1v) is 12.3. The van der Waals surface area contributed by atoms with E-state index < -0.39 is 22.6 Å². The molecule has 170 valence electrons. The standard InChI is InChI=1S/C23H32N2O5S/c1-2-3-5-11-24-12-7-10-23-18(17-16(31-23)9-4-6-15-30-22(17)29)20(27)25(13-8-14-26)19(23)21(24)28/h4,7,9-10,16-19,26H,2-3,5-6,8,11-15H2,1H3/t16-,17+,18+,19?,23+/m1/s1. The van der Waals surface area contributed by atoms with Crippen molar-refractivity contribution in [1.29, 1.82) is 0 Å². The molecule has 8 heteroatoms. The van der Waals surface area contributed by atoms with E-state index in [1.807, 2.05) is 29.2 Å². The van der Waals surface area contributed by atoms with Crippen LogP contribution in [0.3, 0.4) is 0 Å². The van der Waals surface area contributed by atoms with Gasteiger partial charge in [-0.25, -0.2) is 0 Å². The van der Waals surface area contributed by atoms with Crippen LogP contribution in [0.5, 0.6) is 0 Å². The van der Waals surface area contributed by atoms with Crippen molar-refractivity contribution in [3.8, 4) is 0 Å². The summed E-state index contributed by atoms with van der Waals surface area (Å²) in [6.45, 7) is 3.88. The van der Waals surface area contributed by atoms with E-state index in [1.165, 1.54) is 0 Å². The number of aliphatic hydroxyl groups is 1. The third-order valence-corrected chi connectivity index (χ3v) is 8.54. The Morgan fingerprint density at radius 1 is 1.16 bits per heavy atom. The van der Waals surface area contributed by atoms with Gasteiger partial charge in [-0.2, -0.15) is 0 Å². The van der Waals surface area contributed by atoms with Crippen LogP contribution in [0, 0.1) is 11.8 Å². The number of rotatable bonds is 7. The van der Waals surface area contributed by atoms with Gasteiger partial charge in [-0.1, -0.05) is 44.1 Å². The Morgan fingerprint density at radius 3 is 2.77 bits per heavy atom. The summed E-state index contributed by atoms with van der Waals surface area (Å²) in [6, 6.07) is -0.656. The average Bonchev–Trinajstić information content (AvgIpc) is 3.12. The lowest BCUT2D eigenvalue weighted by Gasteiger charge is -2.35. The molecule has 0 aromatic carbocycles. The first-order valence-electron chi connectivity index (χ1n) is 11.4. The van der Waals surface area contributed by atoms with E-state index in [0.717, 1.165) is 19.3 Å². The molecule has 7 nitrogen and oxygen atoms in total. The van der Waals surface area contributed by atoms with Crippen LogP contribution in [0.1, 0.15) is 39.0 Å². The number of hydrogen-bond acceptors (Lipinski definition) is 6. The second-order valence-electron chi connectivity index (χ2n) is 8.73. The summed E-state index contributed by atoms with van der Waals surface area (Å²) in [5.74, 6) is -1.78. The minimum absolute atomic E-state index is 0.0472.